The smallest absolute Gasteiger partial charge is 0.270 e. The van der Waals surface area contributed by atoms with Gasteiger partial charge in [-0.2, -0.15) is 0 Å². The van der Waals surface area contributed by atoms with E-state index in [2.05, 4.69) is 0 Å². The molecule has 0 radical (unpaired) electrons. The second-order valence-corrected chi connectivity index (χ2v) is 4.85. The molecule has 4 nitrogen and oxygen atoms in total. The maximum atomic E-state index is 13.6. The Morgan fingerprint density at radius 2 is 1.85 bits per heavy atom. The largest absolute Gasteiger partial charge is 0.320 e. The summed E-state index contributed by atoms with van der Waals surface area (Å²) in [6, 6.07) is 8.83. The first-order chi connectivity index (χ1) is 9.38. The van der Waals surface area contributed by atoms with Crippen molar-refractivity contribution in [2.24, 2.45) is 5.73 Å². The third kappa shape index (κ3) is 2.83. The first kappa shape index (κ1) is 14.1. The zero-order valence-electron chi connectivity index (χ0n) is 11.3. The van der Waals surface area contributed by atoms with E-state index in [0.29, 0.717) is 16.7 Å². The predicted molar refractivity (Wildman–Crippen MR) is 75.0 cm³/mol. The van der Waals surface area contributed by atoms with Crippen molar-refractivity contribution in [3.8, 4) is 0 Å². The van der Waals surface area contributed by atoms with Crippen molar-refractivity contribution in [2.45, 2.75) is 19.9 Å². The van der Waals surface area contributed by atoms with E-state index in [1.165, 1.54) is 18.2 Å². The third-order valence-electron chi connectivity index (χ3n) is 3.21. The molecule has 0 saturated carbocycles. The zero-order valence-corrected chi connectivity index (χ0v) is 11.3. The third-order valence-corrected chi connectivity index (χ3v) is 3.21. The molecule has 104 valence electrons. The Bertz CT molecular complexity index is 671. The van der Waals surface area contributed by atoms with Gasteiger partial charge in [0.2, 0.25) is 0 Å². The molecule has 0 bridgehead atoms. The highest BCUT2D eigenvalue weighted by Gasteiger charge is 2.15. The number of halogens is 1. The highest BCUT2D eigenvalue weighted by Crippen LogP contribution is 2.26. The fourth-order valence-electron chi connectivity index (χ4n) is 2.07. The van der Waals surface area contributed by atoms with E-state index in [-0.39, 0.29) is 11.5 Å². The van der Waals surface area contributed by atoms with Crippen molar-refractivity contribution in [1.29, 1.82) is 0 Å². The van der Waals surface area contributed by atoms with Gasteiger partial charge >= 0.3 is 0 Å². The molecule has 0 aliphatic rings. The first-order valence-electron chi connectivity index (χ1n) is 6.16. The maximum Gasteiger partial charge on any atom is 0.270 e. The van der Waals surface area contributed by atoms with Crippen LogP contribution in [0.3, 0.4) is 0 Å². The molecule has 1 atom stereocenters. The summed E-state index contributed by atoms with van der Waals surface area (Å²) in [5, 5.41) is 10.9. The van der Waals surface area contributed by atoms with Gasteiger partial charge in [-0.1, -0.05) is 18.2 Å². The molecule has 1 unspecified atom stereocenters. The second-order valence-electron chi connectivity index (χ2n) is 4.85. The van der Waals surface area contributed by atoms with Crippen LogP contribution in [-0.4, -0.2) is 4.92 Å². The number of non-ortho nitro benzene ring substituents is 1. The van der Waals surface area contributed by atoms with Crippen LogP contribution in [0.4, 0.5) is 10.1 Å². The Hall–Kier alpha value is -2.27. The van der Waals surface area contributed by atoms with E-state index >= 15 is 0 Å². The molecule has 20 heavy (non-hydrogen) atoms. The van der Waals surface area contributed by atoms with E-state index in [1.807, 2.05) is 0 Å². The molecule has 2 aromatic rings. The van der Waals surface area contributed by atoms with Gasteiger partial charge in [0.1, 0.15) is 5.82 Å². The zero-order chi connectivity index (χ0) is 14.9. The molecule has 0 heterocycles. The van der Waals surface area contributed by atoms with Gasteiger partial charge in [-0.15, -0.1) is 0 Å². The summed E-state index contributed by atoms with van der Waals surface area (Å²) >= 11 is 0. The van der Waals surface area contributed by atoms with Crippen LogP contribution in [0.15, 0.2) is 36.4 Å². The number of benzene rings is 2. The number of nitrogens with zero attached hydrogens (tertiary/aromatic N) is 1. The summed E-state index contributed by atoms with van der Waals surface area (Å²) in [6.45, 7) is 3.43. The van der Waals surface area contributed by atoms with Gasteiger partial charge in [-0.3, -0.25) is 10.1 Å². The van der Waals surface area contributed by atoms with Crippen LogP contribution in [-0.2, 0) is 0 Å². The molecule has 2 N–H and O–H groups in total. The molecule has 0 saturated heterocycles. The van der Waals surface area contributed by atoms with E-state index in [9.17, 15) is 14.5 Å². The molecule has 2 rings (SSSR count). The van der Waals surface area contributed by atoms with E-state index in [1.54, 1.807) is 32.0 Å². The Morgan fingerprint density at radius 3 is 2.45 bits per heavy atom. The Balaban J connectivity index is 2.44. The topological polar surface area (TPSA) is 69.2 Å². The van der Waals surface area contributed by atoms with Gasteiger partial charge in [0.25, 0.3) is 5.69 Å². The SMILES string of the molecule is Cc1cc(C(N)c2ccc(C)c(F)c2)cc([N+](=O)[O-])c1. The average Bonchev–Trinajstić information content (AvgIpc) is 2.40. The molecule has 5 heteroatoms. The van der Waals surface area contributed by atoms with E-state index < -0.39 is 11.0 Å². The summed E-state index contributed by atoms with van der Waals surface area (Å²) in [4.78, 5) is 10.4. The molecule has 0 amide bonds. The van der Waals surface area contributed by atoms with Gasteiger partial charge in [-0.25, -0.2) is 4.39 Å². The van der Waals surface area contributed by atoms with Crippen molar-refractivity contribution in [1.82, 2.24) is 0 Å². The predicted octanol–water partition coefficient (Wildman–Crippen LogP) is 3.40. The highest BCUT2D eigenvalue weighted by molar-refractivity contribution is 5.43. The number of nitro groups is 1. The first-order valence-corrected chi connectivity index (χ1v) is 6.16. The van der Waals surface area contributed by atoms with Crippen molar-refractivity contribution in [2.75, 3.05) is 0 Å². The van der Waals surface area contributed by atoms with Crippen molar-refractivity contribution in [3.63, 3.8) is 0 Å². The second kappa shape index (κ2) is 5.38. The van der Waals surface area contributed by atoms with Crippen LogP contribution in [0.25, 0.3) is 0 Å². The lowest BCUT2D eigenvalue weighted by Gasteiger charge is -2.14. The molecule has 0 fully saturated rings. The summed E-state index contributed by atoms with van der Waals surface area (Å²) in [5.74, 6) is -0.333. The molecular formula is C15H15FN2O2. The Kier molecular flexibility index (Phi) is 3.81. The standard InChI is InChI=1S/C15H15FN2O2/c1-9-5-12(7-13(6-9)18(19)20)15(17)11-4-3-10(2)14(16)8-11/h3-8,15H,17H2,1-2H3. The van der Waals surface area contributed by atoms with Crippen molar-refractivity contribution >= 4 is 5.69 Å². The summed E-state index contributed by atoms with van der Waals surface area (Å²) in [7, 11) is 0. The van der Waals surface area contributed by atoms with Crippen molar-refractivity contribution < 1.29 is 9.31 Å². The van der Waals surface area contributed by atoms with E-state index in [0.717, 1.165) is 5.56 Å². The minimum absolute atomic E-state index is 0.0111. The molecule has 0 aliphatic carbocycles. The van der Waals surface area contributed by atoms with Crippen LogP contribution in [0, 0.1) is 29.8 Å². The average molecular weight is 274 g/mol. The summed E-state index contributed by atoms with van der Waals surface area (Å²) in [5.41, 5.74) is 8.55. The fourth-order valence-corrected chi connectivity index (χ4v) is 2.07. The van der Waals surface area contributed by atoms with E-state index in [4.69, 9.17) is 5.73 Å². The fraction of sp³-hybridized carbons (Fsp3) is 0.200. The van der Waals surface area contributed by atoms with Crippen LogP contribution in [0.5, 0.6) is 0 Å². The van der Waals surface area contributed by atoms with Crippen LogP contribution >= 0.6 is 0 Å². The van der Waals surface area contributed by atoms with Crippen molar-refractivity contribution in [3.05, 3.63) is 74.6 Å². The Labute approximate surface area is 116 Å². The normalized spacial score (nSPS) is 12.2. The van der Waals surface area contributed by atoms with Crippen LogP contribution in [0.2, 0.25) is 0 Å². The monoisotopic (exact) mass is 274 g/mol. The number of nitrogens with two attached hydrogens (primary N) is 1. The minimum Gasteiger partial charge on any atom is -0.320 e. The van der Waals surface area contributed by atoms with Gasteiger partial charge in [0.05, 0.1) is 11.0 Å². The van der Waals surface area contributed by atoms with Crippen LogP contribution in [0.1, 0.15) is 28.3 Å². The lowest BCUT2D eigenvalue weighted by molar-refractivity contribution is -0.385. The number of rotatable bonds is 3. The highest BCUT2D eigenvalue weighted by atomic mass is 19.1. The number of nitro benzene ring substituents is 1. The summed E-state index contributed by atoms with van der Waals surface area (Å²) < 4.78 is 13.6. The van der Waals surface area contributed by atoms with Gasteiger partial charge in [-0.05, 0) is 42.2 Å². The maximum absolute atomic E-state index is 13.6. The van der Waals surface area contributed by atoms with Gasteiger partial charge in [0.15, 0.2) is 0 Å². The van der Waals surface area contributed by atoms with Gasteiger partial charge < -0.3 is 5.73 Å². The molecule has 0 aromatic heterocycles. The van der Waals surface area contributed by atoms with Gasteiger partial charge in [0, 0.05) is 12.1 Å². The lowest BCUT2D eigenvalue weighted by atomic mass is 9.96. The molecule has 0 aliphatic heterocycles. The minimum atomic E-state index is -0.594. The quantitative estimate of drug-likeness (QED) is 0.689. The lowest BCUT2D eigenvalue weighted by Crippen LogP contribution is -2.13. The molecular weight excluding hydrogens is 259 g/mol. The number of aryl methyl sites for hydroxylation is 2. The molecule has 2 aromatic carbocycles. The Morgan fingerprint density at radius 1 is 1.15 bits per heavy atom. The van der Waals surface area contributed by atoms with Crippen LogP contribution < -0.4 is 5.73 Å². The number of hydrogen-bond donors (Lipinski definition) is 1. The number of hydrogen-bond acceptors (Lipinski definition) is 3. The molecule has 0 spiro atoms. The summed E-state index contributed by atoms with van der Waals surface area (Å²) in [6.07, 6.45) is 0.